The maximum atomic E-state index is 6.33. The molecule has 156 valence electrons. The molecular weight excluding hydrogens is 394 g/mol. The highest BCUT2D eigenvalue weighted by Crippen LogP contribution is 2.25. The zero-order chi connectivity index (χ0) is 19.9. The Morgan fingerprint density at radius 1 is 0.800 bits per heavy atom. The highest BCUT2D eigenvalue weighted by Gasteiger charge is 2.20. The van der Waals surface area contributed by atoms with Crippen molar-refractivity contribution in [3.8, 4) is 5.75 Å². The number of halogens is 1. The van der Waals surface area contributed by atoms with Gasteiger partial charge in [-0.25, -0.2) is 0 Å². The van der Waals surface area contributed by atoms with Crippen molar-refractivity contribution in [2.75, 3.05) is 25.5 Å². The smallest absolute Gasteiger partial charge is 0.141 e. The summed E-state index contributed by atoms with van der Waals surface area (Å²) in [7, 11) is 0. The number of ether oxygens (including phenoxy) is 1. The van der Waals surface area contributed by atoms with Gasteiger partial charge in [-0.2, -0.15) is 0 Å². The van der Waals surface area contributed by atoms with Crippen LogP contribution in [0.5, 0.6) is 5.75 Å². The summed E-state index contributed by atoms with van der Waals surface area (Å²) < 4.78 is 6.33. The minimum absolute atomic E-state index is 0. The van der Waals surface area contributed by atoms with E-state index in [1.807, 2.05) is 30.3 Å². The minimum Gasteiger partial charge on any atom is -0.484 e. The van der Waals surface area contributed by atoms with Gasteiger partial charge in [-0.3, -0.25) is 0 Å². The van der Waals surface area contributed by atoms with Gasteiger partial charge in [0.05, 0.1) is 13.2 Å². The summed E-state index contributed by atoms with van der Waals surface area (Å²) in [6.07, 6.45) is 5.32. The average molecular weight is 422 g/mol. The monoisotopic (exact) mass is 421 g/mol. The normalized spacial score (nSPS) is 13.7. The molecule has 0 radical (unpaired) electrons. The molecular formula is C25H28ClN3O. The van der Waals surface area contributed by atoms with Gasteiger partial charge in [-0.15, -0.1) is 12.4 Å². The van der Waals surface area contributed by atoms with Crippen LogP contribution in [0.15, 0.2) is 97.3 Å². The van der Waals surface area contributed by atoms with Gasteiger partial charge >= 0.3 is 0 Å². The Labute approximate surface area is 185 Å². The standard InChI is InChI=1S/C25H27N3O.ClH/c26-23-11-13-24(14-12-23)29-25(22-9-5-2-6-10-22)19-28-18-17-27(20-28)16-15-21-7-3-1-4-8-21;/h1-14,17-18,25H,15-16,19-20,26H2;1H. The summed E-state index contributed by atoms with van der Waals surface area (Å²) in [6.45, 7) is 2.67. The van der Waals surface area contributed by atoms with E-state index in [-0.39, 0.29) is 18.5 Å². The van der Waals surface area contributed by atoms with E-state index < -0.39 is 0 Å². The maximum absolute atomic E-state index is 6.33. The van der Waals surface area contributed by atoms with E-state index in [0.717, 1.165) is 37.6 Å². The molecule has 0 saturated heterocycles. The second-order valence-corrected chi connectivity index (χ2v) is 7.35. The van der Waals surface area contributed by atoms with Crippen molar-refractivity contribution < 1.29 is 4.74 Å². The summed E-state index contributed by atoms with van der Waals surface area (Å²) >= 11 is 0. The third-order valence-electron chi connectivity index (χ3n) is 5.11. The first-order valence-corrected chi connectivity index (χ1v) is 10.0. The third kappa shape index (κ3) is 5.94. The van der Waals surface area contributed by atoms with Crippen LogP contribution in [0.1, 0.15) is 17.2 Å². The number of hydrogen-bond acceptors (Lipinski definition) is 4. The molecule has 4 rings (SSSR count). The summed E-state index contributed by atoms with van der Waals surface area (Å²) in [4.78, 5) is 4.65. The first-order chi connectivity index (χ1) is 14.3. The average Bonchev–Trinajstić information content (AvgIpc) is 3.22. The maximum Gasteiger partial charge on any atom is 0.141 e. The summed E-state index contributed by atoms with van der Waals surface area (Å²) in [6, 6.07) is 28.6. The van der Waals surface area contributed by atoms with E-state index in [0.29, 0.717) is 0 Å². The predicted molar refractivity (Wildman–Crippen MR) is 125 cm³/mol. The van der Waals surface area contributed by atoms with Crippen molar-refractivity contribution in [3.05, 3.63) is 108 Å². The van der Waals surface area contributed by atoms with Crippen LogP contribution >= 0.6 is 12.4 Å². The predicted octanol–water partition coefficient (Wildman–Crippen LogP) is 5.10. The molecule has 0 bridgehead atoms. The lowest BCUT2D eigenvalue weighted by molar-refractivity contribution is 0.145. The Morgan fingerprint density at radius 3 is 2.13 bits per heavy atom. The highest BCUT2D eigenvalue weighted by atomic mass is 35.5. The van der Waals surface area contributed by atoms with Crippen LogP contribution in [0, 0.1) is 0 Å². The molecule has 0 fully saturated rings. The van der Waals surface area contributed by atoms with Gasteiger partial charge in [-0.1, -0.05) is 60.7 Å². The molecule has 30 heavy (non-hydrogen) atoms. The summed E-state index contributed by atoms with van der Waals surface area (Å²) in [5.41, 5.74) is 9.08. The number of anilines is 1. The summed E-state index contributed by atoms with van der Waals surface area (Å²) in [5, 5.41) is 0. The minimum atomic E-state index is -0.0569. The quantitative estimate of drug-likeness (QED) is 0.514. The molecule has 1 aliphatic rings. The fourth-order valence-electron chi connectivity index (χ4n) is 3.50. The second-order valence-electron chi connectivity index (χ2n) is 7.35. The zero-order valence-corrected chi connectivity index (χ0v) is 17.7. The fraction of sp³-hybridized carbons (Fsp3) is 0.200. The SMILES string of the molecule is Cl.Nc1ccc(OC(CN2C=CN(CCc3ccccc3)C2)c2ccccc2)cc1. The number of benzene rings is 3. The molecule has 0 amide bonds. The molecule has 2 N–H and O–H groups in total. The molecule has 1 aliphatic heterocycles. The van der Waals surface area contributed by atoms with Crippen LogP contribution in [0.2, 0.25) is 0 Å². The molecule has 3 aromatic rings. The first-order valence-electron chi connectivity index (χ1n) is 10.0. The number of nitrogens with zero attached hydrogens (tertiary/aromatic N) is 2. The van der Waals surface area contributed by atoms with Gasteiger partial charge in [-0.05, 0) is 41.8 Å². The Balaban J connectivity index is 0.00000256. The van der Waals surface area contributed by atoms with Crippen molar-refractivity contribution in [2.45, 2.75) is 12.5 Å². The number of rotatable bonds is 8. The van der Waals surface area contributed by atoms with Gasteiger partial charge in [0.1, 0.15) is 11.9 Å². The Bertz CT molecular complexity index is 916. The molecule has 0 saturated carbocycles. The van der Waals surface area contributed by atoms with Crippen molar-refractivity contribution in [2.24, 2.45) is 0 Å². The second kappa shape index (κ2) is 10.6. The highest BCUT2D eigenvalue weighted by molar-refractivity contribution is 5.85. The molecule has 1 unspecified atom stereocenters. The van der Waals surface area contributed by atoms with Gasteiger partial charge in [0.15, 0.2) is 0 Å². The number of hydrogen-bond donors (Lipinski definition) is 1. The molecule has 4 nitrogen and oxygen atoms in total. The Hall–Kier alpha value is -3.11. The Kier molecular flexibility index (Phi) is 7.63. The lowest BCUT2D eigenvalue weighted by atomic mass is 10.1. The van der Waals surface area contributed by atoms with Crippen molar-refractivity contribution in [3.63, 3.8) is 0 Å². The van der Waals surface area contributed by atoms with E-state index in [2.05, 4.69) is 76.8 Å². The largest absolute Gasteiger partial charge is 0.484 e. The van der Waals surface area contributed by atoms with Gasteiger partial charge in [0.2, 0.25) is 0 Å². The van der Waals surface area contributed by atoms with Crippen LogP contribution in [0.3, 0.4) is 0 Å². The molecule has 0 aromatic heterocycles. The fourth-order valence-corrected chi connectivity index (χ4v) is 3.50. The first kappa shape index (κ1) is 21.6. The topological polar surface area (TPSA) is 41.7 Å². The van der Waals surface area contributed by atoms with Crippen molar-refractivity contribution >= 4 is 18.1 Å². The molecule has 0 aliphatic carbocycles. The lowest BCUT2D eigenvalue weighted by Crippen LogP contribution is -2.31. The molecule has 0 spiro atoms. The van der Waals surface area contributed by atoms with Gasteiger partial charge in [0.25, 0.3) is 0 Å². The Morgan fingerprint density at radius 2 is 1.43 bits per heavy atom. The summed E-state index contributed by atoms with van der Waals surface area (Å²) in [5.74, 6) is 0.831. The van der Waals surface area contributed by atoms with Crippen molar-refractivity contribution in [1.29, 1.82) is 0 Å². The van der Waals surface area contributed by atoms with E-state index >= 15 is 0 Å². The molecule has 1 atom stereocenters. The van der Waals surface area contributed by atoms with Gasteiger partial charge < -0.3 is 20.3 Å². The molecule has 5 heteroatoms. The third-order valence-corrected chi connectivity index (χ3v) is 5.11. The zero-order valence-electron chi connectivity index (χ0n) is 16.9. The van der Waals surface area contributed by atoms with Crippen LogP contribution < -0.4 is 10.5 Å². The van der Waals surface area contributed by atoms with E-state index in [4.69, 9.17) is 10.5 Å². The van der Waals surface area contributed by atoms with Crippen LogP contribution in [-0.2, 0) is 6.42 Å². The van der Waals surface area contributed by atoms with Crippen LogP contribution in [0.4, 0.5) is 5.69 Å². The van der Waals surface area contributed by atoms with E-state index in [1.54, 1.807) is 0 Å². The van der Waals surface area contributed by atoms with E-state index in [9.17, 15) is 0 Å². The molecule has 3 aromatic carbocycles. The van der Waals surface area contributed by atoms with Gasteiger partial charge in [0, 0.05) is 24.6 Å². The lowest BCUT2D eigenvalue weighted by Gasteiger charge is -2.27. The van der Waals surface area contributed by atoms with Crippen LogP contribution in [0.25, 0.3) is 0 Å². The van der Waals surface area contributed by atoms with Crippen LogP contribution in [-0.4, -0.2) is 29.6 Å². The van der Waals surface area contributed by atoms with E-state index in [1.165, 1.54) is 11.1 Å². The molecule has 1 heterocycles. The number of nitrogens with two attached hydrogens (primary N) is 1. The number of nitrogen functional groups attached to an aromatic ring is 1. The van der Waals surface area contributed by atoms with Crippen molar-refractivity contribution in [1.82, 2.24) is 9.80 Å².